The van der Waals surface area contributed by atoms with Crippen LogP contribution in [0.5, 0.6) is 0 Å². The van der Waals surface area contributed by atoms with Crippen molar-refractivity contribution in [3.8, 4) is 0 Å². The monoisotopic (exact) mass is 439 g/mol. The van der Waals surface area contributed by atoms with E-state index in [2.05, 4.69) is 10.6 Å². The molecule has 1 heterocycles. The smallest absolute Gasteiger partial charge is 0.244 e. The second-order valence-electron chi connectivity index (χ2n) is 6.49. The van der Waals surface area contributed by atoms with E-state index in [0.717, 1.165) is 16.8 Å². The molecule has 0 bridgehead atoms. The van der Waals surface area contributed by atoms with E-state index in [1.165, 1.54) is 10.4 Å². The third-order valence-corrected chi connectivity index (χ3v) is 7.21. The third-order valence-electron chi connectivity index (χ3n) is 4.63. The van der Waals surface area contributed by atoms with Gasteiger partial charge >= 0.3 is 0 Å². The van der Waals surface area contributed by atoms with Gasteiger partial charge in [-0.25, -0.2) is 8.42 Å². The molecule has 150 valence electrons. The minimum Gasteiger partial charge on any atom is -0.379 e. The van der Waals surface area contributed by atoms with Crippen LogP contribution in [-0.4, -0.2) is 44.1 Å². The lowest BCUT2D eigenvalue weighted by molar-refractivity contribution is 0.0730. The maximum absolute atomic E-state index is 12.9. The van der Waals surface area contributed by atoms with Crippen molar-refractivity contribution < 1.29 is 13.2 Å². The number of thiocarbonyl (C=S) groups is 1. The van der Waals surface area contributed by atoms with Gasteiger partial charge < -0.3 is 15.4 Å². The first kappa shape index (κ1) is 21.0. The number of rotatable bonds is 4. The summed E-state index contributed by atoms with van der Waals surface area (Å²) in [5, 5.41) is 6.72. The molecule has 1 aliphatic rings. The molecule has 3 rings (SSSR count). The van der Waals surface area contributed by atoms with Crippen LogP contribution < -0.4 is 10.6 Å². The maximum atomic E-state index is 12.9. The van der Waals surface area contributed by atoms with Gasteiger partial charge in [-0.15, -0.1) is 0 Å². The zero-order valence-electron chi connectivity index (χ0n) is 15.7. The van der Waals surface area contributed by atoms with E-state index in [-0.39, 0.29) is 9.92 Å². The summed E-state index contributed by atoms with van der Waals surface area (Å²) >= 11 is 11.6. The Balaban J connectivity index is 1.79. The summed E-state index contributed by atoms with van der Waals surface area (Å²) < 4.78 is 32.5. The van der Waals surface area contributed by atoms with E-state index < -0.39 is 10.0 Å². The van der Waals surface area contributed by atoms with Crippen molar-refractivity contribution in [1.29, 1.82) is 0 Å². The standard InChI is InChI=1S/C19H22ClN3O3S2/c1-13-4-3-5-17(14(13)2)22-19(27)21-15-6-7-16(20)18(12-15)28(24,25)23-8-10-26-11-9-23/h3-7,12H,8-11H2,1-2H3,(H2,21,22,27). The van der Waals surface area contributed by atoms with E-state index in [0.29, 0.717) is 37.1 Å². The van der Waals surface area contributed by atoms with Crippen LogP contribution in [0.3, 0.4) is 0 Å². The van der Waals surface area contributed by atoms with E-state index in [4.69, 9.17) is 28.6 Å². The lowest BCUT2D eigenvalue weighted by Gasteiger charge is -2.26. The number of ether oxygens (including phenoxy) is 1. The molecule has 0 spiro atoms. The number of aryl methyl sites for hydroxylation is 1. The molecule has 2 N–H and O–H groups in total. The summed E-state index contributed by atoms with van der Waals surface area (Å²) in [6, 6.07) is 10.7. The van der Waals surface area contributed by atoms with Crippen LogP contribution in [0.2, 0.25) is 5.02 Å². The number of morpholine rings is 1. The molecule has 0 atom stereocenters. The molecule has 6 nitrogen and oxygen atoms in total. The minimum atomic E-state index is -3.70. The first-order valence-electron chi connectivity index (χ1n) is 8.80. The van der Waals surface area contributed by atoms with Crippen molar-refractivity contribution in [2.75, 3.05) is 36.9 Å². The maximum Gasteiger partial charge on any atom is 0.244 e. The predicted octanol–water partition coefficient (Wildman–Crippen LogP) is 3.79. The number of benzene rings is 2. The van der Waals surface area contributed by atoms with Gasteiger partial charge in [-0.2, -0.15) is 4.31 Å². The van der Waals surface area contributed by atoms with Gasteiger partial charge in [0.15, 0.2) is 5.11 Å². The second-order valence-corrected chi connectivity index (χ2v) is 9.21. The summed E-state index contributed by atoms with van der Waals surface area (Å²) in [7, 11) is -3.70. The number of nitrogens with one attached hydrogen (secondary N) is 2. The number of sulfonamides is 1. The molecule has 0 aliphatic carbocycles. The molecule has 0 aromatic heterocycles. The molecule has 1 saturated heterocycles. The van der Waals surface area contributed by atoms with E-state index >= 15 is 0 Å². The molecular formula is C19H22ClN3O3S2. The molecule has 9 heteroatoms. The quantitative estimate of drug-likeness (QED) is 0.706. The van der Waals surface area contributed by atoms with Gasteiger partial charge in [-0.05, 0) is 61.5 Å². The molecule has 0 unspecified atom stereocenters. The third kappa shape index (κ3) is 4.64. The summed E-state index contributed by atoms with van der Waals surface area (Å²) in [4.78, 5) is 0.0515. The number of nitrogens with zero attached hydrogens (tertiary/aromatic N) is 1. The van der Waals surface area contributed by atoms with Gasteiger partial charge in [0, 0.05) is 24.5 Å². The van der Waals surface area contributed by atoms with Crippen LogP contribution in [0.15, 0.2) is 41.3 Å². The molecule has 2 aromatic carbocycles. The van der Waals surface area contributed by atoms with Gasteiger partial charge in [-0.1, -0.05) is 23.7 Å². The Morgan fingerprint density at radius 1 is 1.14 bits per heavy atom. The number of hydrogen-bond donors (Lipinski definition) is 2. The van der Waals surface area contributed by atoms with Crippen molar-refractivity contribution in [3.63, 3.8) is 0 Å². The van der Waals surface area contributed by atoms with E-state index in [1.807, 2.05) is 32.0 Å². The van der Waals surface area contributed by atoms with Crippen LogP contribution in [0, 0.1) is 13.8 Å². The van der Waals surface area contributed by atoms with E-state index in [9.17, 15) is 8.42 Å². The highest BCUT2D eigenvalue weighted by molar-refractivity contribution is 7.89. The Labute approximate surface area is 175 Å². The highest BCUT2D eigenvalue weighted by atomic mass is 35.5. The summed E-state index contributed by atoms with van der Waals surface area (Å²) in [6.45, 7) is 5.40. The van der Waals surface area contributed by atoms with Crippen LogP contribution in [0.25, 0.3) is 0 Å². The lowest BCUT2D eigenvalue weighted by Crippen LogP contribution is -2.40. The average Bonchev–Trinajstić information content (AvgIpc) is 2.67. The van der Waals surface area contributed by atoms with Crippen LogP contribution in [0.1, 0.15) is 11.1 Å². The minimum absolute atomic E-state index is 0.0515. The molecule has 0 saturated carbocycles. The van der Waals surface area contributed by atoms with E-state index in [1.54, 1.807) is 12.1 Å². The fourth-order valence-electron chi connectivity index (χ4n) is 2.88. The lowest BCUT2D eigenvalue weighted by atomic mass is 10.1. The van der Waals surface area contributed by atoms with Crippen molar-refractivity contribution in [3.05, 3.63) is 52.5 Å². The molecule has 2 aromatic rings. The van der Waals surface area contributed by atoms with Crippen LogP contribution in [-0.2, 0) is 14.8 Å². The highest BCUT2D eigenvalue weighted by Gasteiger charge is 2.28. The Bertz CT molecular complexity index is 990. The number of hydrogen-bond acceptors (Lipinski definition) is 4. The fraction of sp³-hybridized carbons (Fsp3) is 0.316. The molecular weight excluding hydrogens is 418 g/mol. The Kier molecular flexibility index (Phi) is 6.57. The van der Waals surface area contributed by atoms with Crippen LogP contribution in [0.4, 0.5) is 11.4 Å². The Hall–Kier alpha value is -1.71. The van der Waals surface area contributed by atoms with Gasteiger partial charge in [-0.3, -0.25) is 0 Å². The zero-order valence-corrected chi connectivity index (χ0v) is 18.0. The molecule has 0 amide bonds. The number of halogens is 1. The van der Waals surface area contributed by atoms with Gasteiger partial charge in [0.05, 0.1) is 18.2 Å². The van der Waals surface area contributed by atoms with Crippen molar-refractivity contribution in [2.24, 2.45) is 0 Å². The first-order valence-corrected chi connectivity index (χ1v) is 11.0. The molecule has 1 aliphatic heterocycles. The first-order chi connectivity index (χ1) is 13.3. The molecule has 1 fully saturated rings. The highest BCUT2D eigenvalue weighted by Crippen LogP contribution is 2.28. The van der Waals surface area contributed by atoms with Gasteiger partial charge in [0.1, 0.15) is 4.90 Å². The largest absolute Gasteiger partial charge is 0.379 e. The zero-order chi connectivity index (χ0) is 20.3. The Morgan fingerprint density at radius 3 is 2.57 bits per heavy atom. The topological polar surface area (TPSA) is 70.7 Å². The molecule has 0 radical (unpaired) electrons. The predicted molar refractivity (Wildman–Crippen MR) is 117 cm³/mol. The van der Waals surface area contributed by atoms with Crippen molar-refractivity contribution in [1.82, 2.24) is 4.31 Å². The number of anilines is 2. The normalized spacial score (nSPS) is 15.2. The summed E-state index contributed by atoms with van der Waals surface area (Å²) in [6.07, 6.45) is 0. The van der Waals surface area contributed by atoms with Gasteiger partial charge in [0.25, 0.3) is 0 Å². The van der Waals surface area contributed by atoms with Crippen LogP contribution >= 0.6 is 23.8 Å². The van der Waals surface area contributed by atoms with Crippen molar-refractivity contribution >= 4 is 50.3 Å². The summed E-state index contributed by atoms with van der Waals surface area (Å²) in [5.41, 5.74) is 3.68. The molecule has 28 heavy (non-hydrogen) atoms. The van der Waals surface area contributed by atoms with Gasteiger partial charge in [0.2, 0.25) is 10.0 Å². The SMILES string of the molecule is Cc1cccc(NC(=S)Nc2ccc(Cl)c(S(=O)(=O)N3CCOCC3)c2)c1C. The fourth-order valence-corrected chi connectivity index (χ4v) is 5.01. The van der Waals surface area contributed by atoms with Crippen molar-refractivity contribution in [2.45, 2.75) is 18.7 Å². The average molecular weight is 440 g/mol. The Morgan fingerprint density at radius 2 is 1.86 bits per heavy atom. The summed E-state index contributed by atoms with van der Waals surface area (Å²) in [5.74, 6) is 0. The second kappa shape index (κ2) is 8.75.